The topological polar surface area (TPSA) is 12.0 Å². The molecule has 0 aromatic heterocycles. The third kappa shape index (κ3) is 4.96. The van der Waals surface area contributed by atoms with Gasteiger partial charge >= 0.3 is 8.80 Å². The number of piperidine rings is 1. The smallest absolute Gasteiger partial charge is 0.388 e. The van der Waals surface area contributed by atoms with Gasteiger partial charge in [0, 0.05) is 19.2 Å². The molecule has 0 amide bonds. The van der Waals surface area contributed by atoms with Crippen LogP contribution in [0.3, 0.4) is 0 Å². The SMILES string of the molecule is CNc1ccc([Si+](CCC[N+]2(C)CCCCC2)c2ccccc2)cc1. The van der Waals surface area contributed by atoms with Crippen molar-refractivity contribution in [3.05, 3.63) is 54.6 Å². The van der Waals surface area contributed by atoms with Crippen LogP contribution >= 0.6 is 0 Å². The van der Waals surface area contributed by atoms with Crippen LogP contribution in [0.1, 0.15) is 25.7 Å². The minimum atomic E-state index is -0.689. The lowest BCUT2D eigenvalue weighted by Gasteiger charge is -2.37. The molecule has 0 bridgehead atoms. The Morgan fingerprint density at radius 1 is 0.880 bits per heavy atom. The fraction of sp³-hybridized carbons (Fsp3) is 0.455. The van der Waals surface area contributed by atoms with E-state index in [1.807, 2.05) is 7.05 Å². The van der Waals surface area contributed by atoms with E-state index in [1.165, 1.54) is 66.7 Å². The Kier molecular flexibility index (Phi) is 6.32. The number of hydrogen-bond acceptors (Lipinski definition) is 1. The summed E-state index contributed by atoms with van der Waals surface area (Å²) in [4.78, 5) is 0. The van der Waals surface area contributed by atoms with Gasteiger partial charge in [-0.05, 0) is 55.7 Å². The van der Waals surface area contributed by atoms with E-state index >= 15 is 0 Å². The fourth-order valence-electron chi connectivity index (χ4n) is 4.07. The van der Waals surface area contributed by atoms with Crippen LogP contribution in [0, 0.1) is 0 Å². The van der Waals surface area contributed by atoms with Crippen molar-refractivity contribution in [3.8, 4) is 0 Å². The normalized spacial score (nSPS) is 16.4. The molecule has 2 nitrogen and oxygen atoms in total. The van der Waals surface area contributed by atoms with Gasteiger partial charge in [-0.25, -0.2) is 0 Å². The van der Waals surface area contributed by atoms with E-state index in [-0.39, 0.29) is 0 Å². The van der Waals surface area contributed by atoms with Gasteiger partial charge in [0.1, 0.15) is 10.4 Å². The van der Waals surface area contributed by atoms with Crippen molar-refractivity contribution in [2.75, 3.05) is 39.0 Å². The molecule has 3 heteroatoms. The summed E-state index contributed by atoms with van der Waals surface area (Å²) in [5, 5.41) is 6.32. The molecule has 25 heavy (non-hydrogen) atoms. The molecule has 1 aliphatic heterocycles. The first kappa shape index (κ1) is 18.2. The minimum Gasteiger partial charge on any atom is -0.388 e. The Hall–Kier alpha value is -1.58. The summed E-state index contributed by atoms with van der Waals surface area (Å²) in [6, 6.07) is 21.6. The van der Waals surface area contributed by atoms with Gasteiger partial charge in [0.2, 0.25) is 0 Å². The summed E-state index contributed by atoms with van der Waals surface area (Å²) >= 11 is 0. The standard InChI is InChI=1S/C22H32N2Si/c1-23-20-12-14-22(15-13-20)25(21-10-5-3-6-11-21)19-9-18-24(2)16-7-4-8-17-24/h3,5-6,10-15,23H,4,7-9,16-19H2,1-2H3/q+2. The van der Waals surface area contributed by atoms with Crippen molar-refractivity contribution in [3.63, 3.8) is 0 Å². The van der Waals surface area contributed by atoms with Crippen LogP contribution in [0.4, 0.5) is 5.69 Å². The predicted molar refractivity (Wildman–Crippen MR) is 112 cm³/mol. The van der Waals surface area contributed by atoms with Crippen LogP contribution in [-0.4, -0.2) is 47.0 Å². The van der Waals surface area contributed by atoms with Gasteiger partial charge in [0.15, 0.2) is 0 Å². The van der Waals surface area contributed by atoms with Crippen molar-refractivity contribution < 1.29 is 4.48 Å². The largest absolute Gasteiger partial charge is 0.390 e. The molecule has 1 N–H and O–H groups in total. The van der Waals surface area contributed by atoms with E-state index < -0.39 is 8.80 Å². The van der Waals surface area contributed by atoms with Gasteiger partial charge in [-0.15, -0.1) is 0 Å². The summed E-state index contributed by atoms with van der Waals surface area (Å²) in [6.07, 6.45) is 5.61. The highest BCUT2D eigenvalue weighted by atomic mass is 28.3. The van der Waals surface area contributed by atoms with Crippen LogP contribution in [-0.2, 0) is 0 Å². The van der Waals surface area contributed by atoms with E-state index in [0.29, 0.717) is 0 Å². The van der Waals surface area contributed by atoms with E-state index in [4.69, 9.17) is 0 Å². The number of benzene rings is 2. The van der Waals surface area contributed by atoms with Crippen molar-refractivity contribution >= 4 is 24.9 Å². The Morgan fingerprint density at radius 2 is 1.52 bits per heavy atom. The number of likely N-dealkylation sites (tertiary alicyclic amines) is 1. The number of anilines is 1. The molecule has 0 spiro atoms. The highest BCUT2D eigenvalue weighted by Crippen LogP contribution is 2.18. The lowest BCUT2D eigenvalue weighted by Crippen LogP contribution is -2.49. The number of nitrogens with one attached hydrogen (secondary N) is 1. The third-order valence-corrected chi connectivity index (χ3v) is 8.58. The molecule has 0 aliphatic carbocycles. The van der Waals surface area contributed by atoms with Crippen molar-refractivity contribution in [2.45, 2.75) is 31.7 Å². The zero-order valence-electron chi connectivity index (χ0n) is 15.8. The van der Waals surface area contributed by atoms with Gasteiger partial charge in [-0.2, -0.15) is 0 Å². The van der Waals surface area contributed by atoms with E-state index in [1.54, 1.807) is 5.19 Å². The zero-order valence-corrected chi connectivity index (χ0v) is 16.8. The van der Waals surface area contributed by atoms with Gasteiger partial charge in [-0.3, -0.25) is 0 Å². The second-order valence-corrected chi connectivity index (χ2v) is 10.2. The highest BCUT2D eigenvalue weighted by molar-refractivity contribution is 6.85. The van der Waals surface area contributed by atoms with Crippen molar-refractivity contribution in [2.24, 2.45) is 0 Å². The first-order chi connectivity index (χ1) is 12.2. The Labute approximate surface area is 155 Å². The third-order valence-electron chi connectivity index (χ3n) is 5.66. The molecule has 0 radical (unpaired) electrons. The van der Waals surface area contributed by atoms with Crippen molar-refractivity contribution in [1.29, 1.82) is 0 Å². The molecule has 1 fully saturated rings. The molecular formula is C22H32N2Si+2. The van der Waals surface area contributed by atoms with E-state index in [0.717, 1.165) is 0 Å². The highest BCUT2D eigenvalue weighted by Gasteiger charge is 2.34. The maximum atomic E-state index is 3.23. The summed E-state index contributed by atoms with van der Waals surface area (Å²) in [7, 11) is 3.77. The monoisotopic (exact) mass is 352 g/mol. The second kappa shape index (κ2) is 8.68. The van der Waals surface area contributed by atoms with Gasteiger partial charge in [-0.1, -0.05) is 18.2 Å². The number of hydrogen-bond donors (Lipinski definition) is 1. The average Bonchev–Trinajstić information content (AvgIpc) is 2.67. The molecule has 0 saturated carbocycles. The minimum absolute atomic E-state index is 0.689. The number of rotatable bonds is 7. The van der Waals surface area contributed by atoms with Gasteiger partial charge < -0.3 is 9.80 Å². The lowest BCUT2D eigenvalue weighted by molar-refractivity contribution is -0.914. The molecule has 2 aromatic carbocycles. The molecule has 0 atom stereocenters. The number of quaternary nitrogens is 1. The Balaban J connectivity index is 1.70. The Bertz CT molecular complexity index is 633. The first-order valence-corrected chi connectivity index (χ1v) is 11.4. The Morgan fingerprint density at radius 3 is 2.16 bits per heavy atom. The molecule has 2 aromatic rings. The van der Waals surface area contributed by atoms with Crippen LogP contribution in [0.5, 0.6) is 0 Å². The second-order valence-electron chi connectivity index (χ2n) is 7.63. The summed E-state index contributed by atoms with van der Waals surface area (Å²) in [5.41, 5.74) is 1.20. The van der Waals surface area contributed by atoms with Gasteiger partial charge in [0.05, 0.1) is 32.7 Å². The summed E-state index contributed by atoms with van der Waals surface area (Å²) in [5.74, 6) is 0. The van der Waals surface area contributed by atoms with E-state index in [2.05, 4.69) is 67.0 Å². The predicted octanol–water partition coefficient (Wildman–Crippen LogP) is 3.36. The van der Waals surface area contributed by atoms with E-state index in [9.17, 15) is 0 Å². The van der Waals surface area contributed by atoms with Crippen LogP contribution < -0.4 is 15.7 Å². The zero-order chi connectivity index (χ0) is 17.5. The lowest BCUT2D eigenvalue weighted by atomic mass is 10.1. The number of nitrogens with zero attached hydrogens (tertiary/aromatic N) is 1. The fourth-order valence-corrected chi connectivity index (χ4v) is 6.66. The molecular weight excluding hydrogens is 320 g/mol. The average molecular weight is 353 g/mol. The summed E-state index contributed by atoms with van der Waals surface area (Å²) in [6.45, 7) is 4.10. The van der Waals surface area contributed by atoms with Gasteiger partial charge in [0.25, 0.3) is 0 Å². The molecule has 3 rings (SSSR count). The quantitative estimate of drug-likeness (QED) is 0.595. The summed E-state index contributed by atoms with van der Waals surface area (Å²) < 4.78 is 1.29. The van der Waals surface area contributed by atoms with Crippen LogP contribution in [0.2, 0.25) is 6.04 Å². The molecule has 1 heterocycles. The maximum absolute atomic E-state index is 3.23. The van der Waals surface area contributed by atoms with Crippen molar-refractivity contribution in [1.82, 2.24) is 0 Å². The van der Waals surface area contributed by atoms with Crippen LogP contribution in [0.15, 0.2) is 54.6 Å². The first-order valence-electron chi connectivity index (χ1n) is 9.73. The maximum Gasteiger partial charge on any atom is 0.390 e. The molecule has 132 valence electrons. The molecule has 1 aliphatic rings. The molecule has 0 unspecified atom stereocenters. The molecule has 1 saturated heterocycles. The van der Waals surface area contributed by atoms with Crippen LogP contribution in [0.25, 0.3) is 0 Å².